The molecule has 0 fully saturated rings. The highest BCUT2D eigenvalue weighted by Gasteiger charge is 2.26. The Bertz CT molecular complexity index is 957. The van der Waals surface area contributed by atoms with Gasteiger partial charge < -0.3 is 5.32 Å². The van der Waals surface area contributed by atoms with Gasteiger partial charge in [0, 0.05) is 16.8 Å². The van der Waals surface area contributed by atoms with Crippen LogP contribution in [0.4, 0.5) is 0 Å². The van der Waals surface area contributed by atoms with E-state index in [2.05, 4.69) is 35.8 Å². The van der Waals surface area contributed by atoms with Crippen LogP contribution in [0.5, 0.6) is 0 Å². The van der Waals surface area contributed by atoms with Gasteiger partial charge in [-0.25, -0.2) is 4.98 Å². The van der Waals surface area contributed by atoms with Crippen LogP contribution in [0.25, 0.3) is 22.6 Å². The van der Waals surface area contributed by atoms with Crippen molar-refractivity contribution in [1.82, 2.24) is 10.3 Å². The van der Waals surface area contributed by atoms with Crippen molar-refractivity contribution in [2.24, 2.45) is 0 Å². The van der Waals surface area contributed by atoms with Crippen molar-refractivity contribution in [3.05, 3.63) is 63.5 Å². The molecule has 3 nitrogen and oxygen atoms in total. The topological polar surface area (TPSA) is 42.0 Å². The molecule has 0 bridgehead atoms. The van der Waals surface area contributed by atoms with Crippen LogP contribution < -0.4 is 5.32 Å². The number of carbonyl (C=O) groups is 1. The van der Waals surface area contributed by atoms with E-state index in [0.29, 0.717) is 6.54 Å². The predicted octanol–water partition coefficient (Wildman–Crippen LogP) is 4.92. The van der Waals surface area contributed by atoms with Gasteiger partial charge in [-0.05, 0) is 54.0 Å². The van der Waals surface area contributed by atoms with Gasteiger partial charge in [0.15, 0.2) is 0 Å². The molecule has 2 heterocycles. The summed E-state index contributed by atoms with van der Waals surface area (Å²) in [6.07, 6.45) is 4.95. The van der Waals surface area contributed by atoms with E-state index >= 15 is 0 Å². The first-order chi connectivity index (χ1) is 12.3. The number of hydrogen-bond donors (Lipinski definition) is 1. The molecule has 1 amide bonds. The Morgan fingerprint density at radius 3 is 2.92 bits per heavy atom. The van der Waals surface area contributed by atoms with Crippen molar-refractivity contribution < 1.29 is 4.79 Å². The SMILES string of the molecule is CCCNC(=O)c1c2c(nc3ccccc13)/C(=C\c1cccs1)CC2. The van der Waals surface area contributed by atoms with Gasteiger partial charge in [-0.3, -0.25) is 4.79 Å². The molecule has 0 spiro atoms. The summed E-state index contributed by atoms with van der Waals surface area (Å²) < 4.78 is 0. The molecular weight excluding hydrogens is 328 g/mol. The van der Waals surface area contributed by atoms with Crippen LogP contribution >= 0.6 is 11.3 Å². The van der Waals surface area contributed by atoms with Gasteiger partial charge in [0.2, 0.25) is 0 Å². The molecule has 1 N–H and O–H groups in total. The summed E-state index contributed by atoms with van der Waals surface area (Å²) in [5, 5.41) is 6.08. The molecule has 1 aliphatic carbocycles. The van der Waals surface area contributed by atoms with Crippen molar-refractivity contribution in [2.75, 3.05) is 6.54 Å². The Labute approximate surface area is 151 Å². The number of aromatic nitrogens is 1. The summed E-state index contributed by atoms with van der Waals surface area (Å²) in [6, 6.07) is 12.1. The lowest BCUT2D eigenvalue weighted by Gasteiger charge is -2.12. The fraction of sp³-hybridized carbons (Fsp3) is 0.238. The molecule has 1 aromatic carbocycles. The summed E-state index contributed by atoms with van der Waals surface area (Å²) in [5.41, 5.74) is 5.02. The number of benzene rings is 1. The molecule has 0 aliphatic heterocycles. The molecular formula is C21H20N2OS. The number of nitrogens with zero attached hydrogens (tertiary/aromatic N) is 1. The van der Waals surface area contributed by atoms with Crippen LogP contribution in [0.15, 0.2) is 41.8 Å². The number of fused-ring (bicyclic) bond motifs is 2. The highest BCUT2D eigenvalue weighted by atomic mass is 32.1. The zero-order valence-corrected chi connectivity index (χ0v) is 15.0. The van der Waals surface area contributed by atoms with E-state index in [9.17, 15) is 4.79 Å². The number of para-hydroxylation sites is 1. The normalized spacial score (nSPS) is 14.8. The molecule has 4 rings (SSSR count). The monoisotopic (exact) mass is 348 g/mol. The molecule has 126 valence electrons. The lowest BCUT2D eigenvalue weighted by Crippen LogP contribution is -2.25. The average molecular weight is 348 g/mol. The molecule has 0 radical (unpaired) electrons. The number of thiophene rings is 1. The Morgan fingerprint density at radius 1 is 1.24 bits per heavy atom. The van der Waals surface area contributed by atoms with Gasteiger partial charge in [0.1, 0.15) is 0 Å². The van der Waals surface area contributed by atoms with Gasteiger partial charge in [-0.2, -0.15) is 0 Å². The highest BCUT2D eigenvalue weighted by Crippen LogP contribution is 2.37. The van der Waals surface area contributed by atoms with Crippen LogP contribution in [0.1, 0.15) is 46.3 Å². The molecule has 4 heteroatoms. The van der Waals surface area contributed by atoms with Gasteiger partial charge in [-0.15, -0.1) is 11.3 Å². The van der Waals surface area contributed by atoms with E-state index in [4.69, 9.17) is 4.98 Å². The minimum absolute atomic E-state index is 0.0223. The first kappa shape index (κ1) is 16.0. The highest BCUT2D eigenvalue weighted by molar-refractivity contribution is 7.10. The maximum atomic E-state index is 12.8. The van der Waals surface area contributed by atoms with E-state index in [0.717, 1.165) is 47.0 Å². The summed E-state index contributed by atoms with van der Waals surface area (Å²) >= 11 is 1.73. The second-order valence-electron chi connectivity index (χ2n) is 6.27. The lowest BCUT2D eigenvalue weighted by molar-refractivity contribution is 0.0954. The molecule has 0 unspecified atom stereocenters. The van der Waals surface area contributed by atoms with Gasteiger partial charge >= 0.3 is 0 Å². The third kappa shape index (κ3) is 2.98. The van der Waals surface area contributed by atoms with Crippen molar-refractivity contribution in [2.45, 2.75) is 26.2 Å². The van der Waals surface area contributed by atoms with Crippen LogP contribution in [-0.2, 0) is 6.42 Å². The van der Waals surface area contributed by atoms with Gasteiger partial charge in [-0.1, -0.05) is 31.2 Å². The van der Waals surface area contributed by atoms with Crippen molar-refractivity contribution in [1.29, 1.82) is 0 Å². The Kier molecular flexibility index (Phi) is 4.36. The molecule has 1 aliphatic rings. The van der Waals surface area contributed by atoms with E-state index in [1.54, 1.807) is 11.3 Å². The molecule has 3 aromatic rings. The standard InChI is InChI=1S/C21H20N2OS/c1-2-11-22-21(24)19-16-7-3-4-8-18(16)23-20-14(9-10-17(19)20)13-15-6-5-12-25-15/h3-8,12-13H,2,9-11H2,1H3,(H,22,24)/b14-13-. The maximum Gasteiger partial charge on any atom is 0.252 e. The Hall–Kier alpha value is -2.46. The van der Waals surface area contributed by atoms with Crippen LogP contribution in [0, 0.1) is 0 Å². The molecule has 2 aromatic heterocycles. The third-order valence-corrected chi connectivity index (χ3v) is 5.38. The number of rotatable bonds is 4. The quantitative estimate of drug-likeness (QED) is 0.727. The number of amides is 1. The van der Waals surface area contributed by atoms with Crippen LogP contribution in [-0.4, -0.2) is 17.4 Å². The van der Waals surface area contributed by atoms with E-state index in [1.807, 2.05) is 24.3 Å². The van der Waals surface area contributed by atoms with Crippen molar-refractivity contribution in [3.8, 4) is 0 Å². The molecule has 0 atom stereocenters. The first-order valence-electron chi connectivity index (χ1n) is 8.72. The van der Waals surface area contributed by atoms with E-state index < -0.39 is 0 Å². The van der Waals surface area contributed by atoms with E-state index in [1.165, 1.54) is 10.5 Å². The number of hydrogen-bond acceptors (Lipinski definition) is 3. The van der Waals surface area contributed by atoms with Crippen LogP contribution in [0.2, 0.25) is 0 Å². The Balaban J connectivity index is 1.88. The summed E-state index contributed by atoms with van der Waals surface area (Å²) in [5.74, 6) is 0.0223. The number of allylic oxidation sites excluding steroid dienone is 1. The largest absolute Gasteiger partial charge is 0.352 e. The molecule has 0 saturated carbocycles. The van der Waals surface area contributed by atoms with Crippen LogP contribution in [0.3, 0.4) is 0 Å². The zero-order chi connectivity index (χ0) is 17.2. The molecule has 25 heavy (non-hydrogen) atoms. The fourth-order valence-corrected chi connectivity index (χ4v) is 4.09. The van der Waals surface area contributed by atoms with Gasteiger partial charge in [0.25, 0.3) is 5.91 Å². The maximum absolute atomic E-state index is 12.8. The third-order valence-electron chi connectivity index (χ3n) is 4.56. The molecule has 0 saturated heterocycles. The fourth-order valence-electron chi connectivity index (χ4n) is 3.41. The van der Waals surface area contributed by atoms with Gasteiger partial charge in [0.05, 0.1) is 16.8 Å². The van der Waals surface area contributed by atoms with Crippen molar-refractivity contribution >= 4 is 39.8 Å². The number of carbonyl (C=O) groups excluding carboxylic acids is 1. The summed E-state index contributed by atoms with van der Waals surface area (Å²) in [6.45, 7) is 2.76. The zero-order valence-electron chi connectivity index (χ0n) is 14.2. The number of nitrogens with one attached hydrogen (secondary N) is 1. The van der Waals surface area contributed by atoms with Crippen molar-refractivity contribution in [3.63, 3.8) is 0 Å². The number of pyridine rings is 1. The minimum atomic E-state index is 0.0223. The summed E-state index contributed by atoms with van der Waals surface area (Å²) in [4.78, 5) is 19.0. The lowest BCUT2D eigenvalue weighted by atomic mass is 10.00. The first-order valence-corrected chi connectivity index (χ1v) is 9.60. The average Bonchev–Trinajstić information content (AvgIpc) is 3.28. The minimum Gasteiger partial charge on any atom is -0.352 e. The smallest absolute Gasteiger partial charge is 0.252 e. The van der Waals surface area contributed by atoms with E-state index in [-0.39, 0.29) is 5.91 Å². The second kappa shape index (κ2) is 6.81. The predicted molar refractivity (Wildman–Crippen MR) is 105 cm³/mol. The summed E-state index contributed by atoms with van der Waals surface area (Å²) in [7, 11) is 0. The Morgan fingerprint density at radius 2 is 2.12 bits per heavy atom. The second-order valence-corrected chi connectivity index (χ2v) is 7.25.